The Morgan fingerprint density at radius 1 is 0.574 bits per heavy atom. The van der Waals surface area contributed by atoms with E-state index in [-0.39, 0.29) is 13.0 Å². The zero-order valence-corrected chi connectivity index (χ0v) is 35.5. The third kappa shape index (κ3) is 38.7. The number of nitrogens with two attached hydrogens (primary N) is 1. The van der Waals surface area contributed by atoms with E-state index in [2.05, 4.69) is 38.2 Å². The van der Waals surface area contributed by atoms with Gasteiger partial charge in [-0.15, -0.1) is 0 Å². The highest BCUT2D eigenvalue weighted by atomic mass is 31.2. The first-order valence-corrected chi connectivity index (χ1v) is 23.4. The molecule has 0 amide bonds. The minimum absolute atomic E-state index is 0.0151. The molecule has 0 aliphatic heterocycles. The summed E-state index contributed by atoms with van der Waals surface area (Å²) in [6.07, 6.45) is 42.3. The van der Waals surface area contributed by atoms with Crippen molar-refractivity contribution >= 4 is 19.8 Å². The molecule has 54 heavy (non-hydrogen) atoms. The van der Waals surface area contributed by atoms with Crippen LogP contribution in [0.1, 0.15) is 200 Å². The van der Waals surface area contributed by atoms with Crippen molar-refractivity contribution in [1.82, 2.24) is 0 Å². The summed E-state index contributed by atoms with van der Waals surface area (Å²) in [6.45, 7) is 3.85. The predicted octanol–water partition coefficient (Wildman–Crippen LogP) is 11.9. The number of carboxylic acids is 1. The number of hydrogen-bond donors (Lipinski definition) is 3. The summed E-state index contributed by atoms with van der Waals surface area (Å²) in [5.74, 6) is -1.78. The number of aliphatic carboxylic acids is 1. The van der Waals surface area contributed by atoms with Crippen molar-refractivity contribution in [2.24, 2.45) is 5.73 Å². The summed E-state index contributed by atoms with van der Waals surface area (Å²) in [5.41, 5.74) is 5.35. The molecule has 0 radical (unpaired) electrons. The Balaban J connectivity index is 4.17. The van der Waals surface area contributed by atoms with Gasteiger partial charge in [0.1, 0.15) is 12.1 Å². The first-order valence-electron chi connectivity index (χ1n) is 21.9. The van der Waals surface area contributed by atoms with E-state index in [1.807, 2.05) is 0 Å². The Kier molecular flexibility index (Phi) is 38.5. The fraction of sp³-hybridized carbons (Fsp3) is 0.860. The summed E-state index contributed by atoms with van der Waals surface area (Å²) in [7, 11) is -4.61. The van der Waals surface area contributed by atoms with Crippen molar-refractivity contribution < 1.29 is 42.7 Å². The summed E-state index contributed by atoms with van der Waals surface area (Å²) in [5, 5.41) is 8.89. The largest absolute Gasteiger partial charge is 0.480 e. The molecule has 10 nitrogen and oxygen atoms in total. The van der Waals surface area contributed by atoms with Crippen LogP contribution in [0, 0.1) is 0 Å². The molecule has 0 aliphatic carbocycles. The summed E-state index contributed by atoms with van der Waals surface area (Å²) in [4.78, 5) is 33.5. The lowest BCUT2D eigenvalue weighted by Crippen LogP contribution is -2.34. The zero-order valence-electron chi connectivity index (χ0n) is 34.6. The lowest BCUT2D eigenvalue weighted by atomic mass is 10.1. The number of phosphoric acid groups is 1. The fourth-order valence-electron chi connectivity index (χ4n) is 6.00. The molecule has 0 spiro atoms. The third-order valence-electron chi connectivity index (χ3n) is 9.45. The maximum Gasteiger partial charge on any atom is 0.472 e. The van der Waals surface area contributed by atoms with Crippen molar-refractivity contribution in [3.8, 4) is 0 Å². The topological polar surface area (TPSA) is 155 Å². The van der Waals surface area contributed by atoms with Crippen LogP contribution in [-0.2, 0) is 32.7 Å². The van der Waals surface area contributed by atoms with E-state index >= 15 is 0 Å². The number of unbranched alkanes of at least 4 members (excludes halogenated alkanes) is 24. The lowest BCUT2D eigenvalue weighted by molar-refractivity contribution is -0.154. The Morgan fingerprint density at radius 3 is 1.44 bits per heavy atom. The van der Waals surface area contributed by atoms with Gasteiger partial charge in [-0.1, -0.05) is 154 Å². The molecule has 4 N–H and O–H groups in total. The van der Waals surface area contributed by atoms with Crippen LogP contribution in [0.3, 0.4) is 0 Å². The van der Waals surface area contributed by atoms with Crippen LogP contribution < -0.4 is 5.73 Å². The molecule has 0 heterocycles. The van der Waals surface area contributed by atoms with Gasteiger partial charge in [-0.25, -0.2) is 4.57 Å². The average Bonchev–Trinajstić information content (AvgIpc) is 3.15. The van der Waals surface area contributed by atoms with Crippen molar-refractivity contribution in [2.45, 2.75) is 212 Å². The molecule has 0 bridgehead atoms. The van der Waals surface area contributed by atoms with Crippen LogP contribution in [0.2, 0.25) is 0 Å². The van der Waals surface area contributed by atoms with Gasteiger partial charge < -0.3 is 25.2 Å². The number of hydrogen-bond acceptors (Lipinski definition) is 8. The molecule has 0 aliphatic rings. The molecule has 0 rings (SSSR count). The van der Waals surface area contributed by atoms with Crippen molar-refractivity contribution in [3.63, 3.8) is 0 Å². The molecule has 3 unspecified atom stereocenters. The van der Waals surface area contributed by atoms with Gasteiger partial charge in [0.2, 0.25) is 0 Å². The molecule has 11 heteroatoms. The van der Waals surface area contributed by atoms with E-state index in [0.717, 1.165) is 57.8 Å². The Labute approximate surface area is 330 Å². The van der Waals surface area contributed by atoms with Crippen molar-refractivity contribution in [3.05, 3.63) is 24.3 Å². The number of carboxylic acid groups (broad SMARTS) is 1. The van der Waals surface area contributed by atoms with Crippen LogP contribution in [0.5, 0.6) is 0 Å². The molecule has 3 atom stereocenters. The predicted molar refractivity (Wildman–Crippen MR) is 222 cm³/mol. The highest BCUT2D eigenvalue weighted by molar-refractivity contribution is 7.47. The van der Waals surface area contributed by atoms with E-state index < -0.39 is 45.1 Å². The zero-order chi connectivity index (χ0) is 39.8. The van der Waals surface area contributed by atoms with Crippen LogP contribution in [-0.4, -0.2) is 60.5 Å². The van der Waals surface area contributed by atoms with Gasteiger partial charge in [-0.3, -0.25) is 18.6 Å². The van der Waals surface area contributed by atoms with Gasteiger partial charge in [0, 0.05) is 13.0 Å². The monoisotopic (exact) mass is 788 g/mol. The van der Waals surface area contributed by atoms with Gasteiger partial charge in [0.05, 0.1) is 19.8 Å². The van der Waals surface area contributed by atoms with Crippen molar-refractivity contribution in [2.75, 3.05) is 26.4 Å². The van der Waals surface area contributed by atoms with Crippen molar-refractivity contribution in [1.29, 1.82) is 0 Å². The maximum atomic E-state index is 12.6. The molecule has 0 aromatic carbocycles. The van der Waals surface area contributed by atoms with Crippen LogP contribution in [0.25, 0.3) is 0 Å². The Hall–Kier alpha value is -1.55. The average molecular weight is 788 g/mol. The number of rotatable bonds is 42. The lowest BCUT2D eigenvalue weighted by Gasteiger charge is -2.20. The number of allylic oxidation sites excluding steroid dienone is 4. The summed E-state index contributed by atoms with van der Waals surface area (Å²) in [6, 6.07) is -1.47. The van der Waals surface area contributed by atoms with Gasteiger partial charge in [-0.05, 0) is 64.2 Å². The first kappa shape index (κ1) is 52.5. The number of phosphoric ester groups is 1. The van der Waals surface area contributed by atoms with E-state index in [9.17, 15) is 19.0 Å². The molecule has 0 fully saturated rings. The van der Waals surface area contributed by atoms with E-state index in [1.165, 1.54) is 116 Å². The molecular weight excluding hydrogens is 705 g/mol. The molecule has 0 aromatic rings. The van der Waals surface area contributed by atoms with Crippen LogP contribution in [0.15, 0.2) is 24.3 Å². The second-order valence-corrected chi connectivity index (χ2v) is 16.3. The van der Waals surface area contributed by atoms with E-state index in [4.69, 9.17) is 29.4 Å². The highest BCUT2D eigenvalue weighted by Crippen LogP contribution is 2.43. The molecular formula is C43H82NO9P. The number of ether oxygens (including phenoxy) is 2. The Morgan fingerprint density at radius 2 is 0.963 bits per heavy atom. The summed E-state index contributed by atoms with van der Waals surface area (Å²) >= 11 is 0. The molecule has 0 saturated carbocycles. The minimum atomic E-state index is -4.61. The smallest absolute Gasteiger partial charge is 0.472 e. The van der Waals surface area contributed by atoms with E-state index in [0.29, 0.717) is 13.0 Å². The first-order chi connectivity index (χ1) is 26.2. The summed E-state index contributed by atoms with van der Waals surface area (Å²) < 4.78 is 33.3. The van der Waals surface area contributed by atoms with Crippen LogP contribution >= 0.6 is 7.82 Å². The maximum absolute atomic E-state index is 12.6. The molecule has 0 saturated heterocycles. The molecule has 0 aromatic heterocycles. The second-order valence-electron chi connectivity index (χ2n) is 14.8. The number of carbonyl (C=O) groups excluding carboxylic acids is 1. The normalized spacial score (nSPS) is 14.1. The minimum Gasteiger partial charge on any atom is -0.480 e. The number of carbonyl (C=O) groups is 2. The van der Waals surface area contributed by atoms with Gasteiger partial charge >= 0.3 is 19.8 Å². The standard InChI is InChI=1S/C43H82NO9P/c1-3-5-7-9-11-13-15-17-18-19-20-21-22-23-24-26-28-30-32-34-36-50-37-40(38-51-54(48,49)52-39-41(44)43(46)47)53-42(45)35-33-31-29-27-25-16-14-12-10-8-6-4-2/h12,14,17-18,40-41H,3-11,13,15-16,19-39,44H2,1-2H3,(H,46,47)(H,48,49)/b14-12-,18-17-. The molecule has 318 valence electrons. The third-order valence-corrected chi connectivity index (χ3v) is 10.4. The number of esters is 1. The SMILES string of the molecule is CCCCC/C=C\CCCCCCCC(=O)OC(COCCCCCCCCCCCC/C=C\CCCCCCCC)COP(=O)(O)OCC(N)C(=O)O. The van der Waals surface area contributed by atoms with Gasteiger partial charge in [0.15, 0.2) is 0 Å². The van der Waals surface area contributed by atoms with Gasteiger partial charge in [-0.2, -0.15) is 0 Å². The quantitative estimate of drug-likeness (QED) is 0.0236. The fourth-order valence-corrected chi connectivity index (χ4v) is 6.78. The Bertz CT molecular complexity index is 961. The van der Waals surface area contributed by atoms with Gasteiger partial charge in [0.25, 0.3) is 0 Å². The second kappa shape index (κ2) is 39.7. The highest BCUT2D eigenvalue weighted by Gasteiger charge is 2.27. The van der Waals surface area contributed by atoms with Crippen LogP contribution in [0.4, 0.5) is 0 Å². The van der Waals surface area contributed by atoms with E-state index in [1.54, 1.807) is 0 Å².